The van der Waals surface area contributed by atoms with Crippen LogP contribution in [-0.4, -0.2) is 47.3 Å². The summed E-state index contributed by atoms with van der Waals surface area (Å²) in [6.07, 6.45) is 0.419. The molecule has 1 aromatic carbocycles. The molecular formula is C17H18FN3O4. The van der Waals surface area contributed by atoms with Gasteiger partial charge in [-0.25, -0.2) is 4.39 Å². The monoisotopic (exact) mass is 347 g/mol. The van der Waals surface area contributed by atoms with E-state index >= 15 is 0 Å². The molecule has 0 spiro atoms. The van der Waals surface area contributed by atoms with E-state index in [1.54, 1.807) is 25.1 Å². The normalized spacial score (nSPS) is 21.0. The summed E-state index contributed by atoms with van der Waals surface area (Å²) in [6, 6.07) is 3.38. The third kappa shape index (κ3) is 3.11. The first kappa shape index (κ1) is 17.1. The van der Waals surface area contributed by atoms with Crippen LogP contribution in [0.3, 0.4) is 0 Å². The Labute approximate surface area is 143 Å². The minimum Gasteiger partial charge on any atom is -0.347 e. The molecule has 0 saturated carbocycles. The number of nitrogens with zero attached hydrogens (tertiary/aromatic N) is 1. The number of carbonyl (C=O) groups is 4. The highest BCUT2D eigenvalue weighted by Crippen LogP contribution is 2.29. The number of fused-ring (bicyclic) bond motifs is 1. The van der Waals surface area contributed by atoms with E-state index in [-0.39, 0.29) is 31.2 Å². The zero-order chi connectivity index (χ0) is 18.1. The lowest BCUT2D eigenvalue weighted by Crippen LogP contribution is -2.52. The number of rotatable bonds is 4. The Bertz CT molecular complexity index is 764. The number of alkyl halides is 1. The van der Waals surface area contributed by atoms with Crippen LogP contribution in [0.4, 0.5) is 4.39 Å². The molecule has 4 amide bonds. The number of amides is 4. The lowest BCUT2D eigenvalue weighted by Gasteiger charge is -2.29. The van der Waals surface area contributed by atoms with Gasteiger partial charge in [0.25, 0.3) is 11.8 Å². The molecule has 2 aliphatic rings. The number of piperidine rings is 1. The van der Waals surface area contributed by atoms with Gasteiger partial charge >= 0.3 is 0 Å². The SMILES string of the molecule is CC(CF)NC(=O)c1cccc2c1CN(C1CCC(=O)NC1=O)C2=O. The largest absolute Gasteiger partial charge is 0.347 e. The van der Waals surface area contributed by atoms with Crippen LogP contribution < -0.4 is 10.6 Å². The van der Waals surface area contributed by atoms with Gasteiger partial charge in [-0.15, -0.1) is 0 Å². The topological polar surface area (TPSA) is 95.6 Å². The second kappa shape index (κ2) is 6.62. The Balaban J connectivity index is 1.86. The van der Waals surface area contributed by atoms with E-state index in [0.717, 1.165) is 0 Å². The van der Waals surface area contributed by atoms with Crippen molar-refractivity contribution in [1.82, 2.24) is 15.5 Å². The molecule has 7 nitrogen and oxygen atoms in total. The van der Waals surface area contributed by atoms with E-state index in [9.17, 15) is 23.6 Å². The van der Waals surface area contributed by atoms with Gasteiger partial charge in [-0.05, 0) is 31.0 Å². The lowest BCUT2D eigenvalue weighted by molar-refractivity contribution is -0.136. The fourth-order valence-electron chi connectivity index (χ4n) is 3.14. The zero-order valence-electron chi connectivity index (χ0n) is 13.7. The number of carbonyl (C=O) groups excluding carboxylic acids is 4. The fraction of sp³-hybridized carbons (Fsp3) is 0.412. The quantitative estimate of drug-likeness (QED) is 0.777. The zero-order valence-corrected chi connectivity index (χ0v) is 13.7. The highest BCUT2D eigenvalue weighted by Gasteiger charge is 2.40. The molecule has 0 bridgehead atoms. The summed E-state index contributed by atoms with van der Waals surface area (Å²) in [5, 5.41) is 4.76. The molecule has 2 atom stereocenters. The molecule has 0 aromatic heterocycles. The highest BCUT2D eigenvalue weighted by molar-refractivity contribution is 6.07. The van der Waals surface area contributed by atoms with E-state index in [1.165, 1.54) is 4.90 Å². The van der Waals surface area contributed by atoms with Gasteiger partial charge in [0.05, 0.1) is 6.04 Å². The van der Waals surface area contributed by atoms with Gasteiger partial charge in [0.15, 0.2) is 0 Å². The smallest absolute Gasteiger partial charge is 0.255 e. The number of nitrogens with one attached hydrogen (secondary N) is 2. The second-order valence-corrected chi connectivity index (χ2v) is 6.26. The molecule has 2 aliphatic heterocycles. The van der Waals surface area contributed by atoms with Crippen LogP contribution >= 0.6 is 0 Å². The van der Waals surface area contributed by atoms with Gasteiger partial charge in [-0.1, -0.05) is 6.07 Å². The van der Waals surface area contributed by atoms with Crippen molar-refractivity contribution in [3.8, 4) is 0 Å². The summed E-state index contributed by atoms with van der Waals surface area (Å²) < 4.78 is 12.6. The Hall–Kier alpha value is -2.77. The van der Waals surface area contributed by atoms with Crippen LogP contribution in [-0.2, 0) is 16.1 Å². The Kier molecular flexibility index (Phi) is 4.52. The van der Waals surface area contributed by atoms with Gasteiger partial charge < -0.3 is 10.2 Å². The first-order valence-corrected chi connectivity index (χ1v) is 8.05. The standard InChI is InChI=1S/C17H18FN3O4/c1-9(7-18)19-15(23)10-3-2-4-11-12(10)8-21(17(11)25)13-5-6-14(22)20-16(13)24/h2-4,9,13H,5-8H2,1H3,(H,19,23)(H,20,22,24). The number of benzene rings is 1. The predicted molar refractivity (Wildman–Crippen MR) is 85.4 cm³/mol. The fourth-order valence-corrected chi connectivity index (χ4v) is 3.14. The van der Waals surface area contributed by atoms with Crippen molar-refractivity contribution in [3.63, 3.8) is 0 Å². The van der Waals surface area contributed by atoms with Crippen molar-refractivity contribution in [2.45, 2.75) is 38.4 Å². The van der Waals surface area contributed by atoms with E-state index in [0.29, 0.717) is 16.7 Å². The molecule has 8 heteroatoms. The molecule has 1 fully saturated rings. The van der Waals surface area contributed by atoms with Gasteiger partial charge in [0.2, 0.25) is 11.8 Å². The maximum Gasteiger partial charge on any atom is 0.255 e. The maximum atomic E-state index is 12.6. The molecule has 0 radical (unpaired) electrons. The molecule has 2 unspecified atom stereocenters. The molecule has 25 heavy (non-hydrogen) atoms. The van der Waals surface area contributed by atoms with Crippen molar-refractivity contribution in [2.24, 2.45) is 0 Å². The minimum absolute atomic E-state index is 0.105. The maximum absolute atomic E-state index is 12.6. The summed E-state index contributed by atoms with van der Waals surface area (Å²) in [7, 11) is 0. The van der Waals surface area contributed by atoms with Crippen LogP contribution in [0.1, 0.15) is 46.0 Å². The second-order valence-electron chi connectivity index (χ2n) is 6.26. The minimum atomic E-state index is -0.738. The molecule has 0 aliphatic carbocycles. The summed E-state index contributed by atoms with van der Waals surface area (Å²) in [5.74, 6) is -1.67. The third-order valence-electron chi connectivity index (χ3n) is 4.44. The molecule has 1 aromatic rings. The molecule has 132 valence electrons. The Morgan fingerprint density at radius 3 is 2.84 bits per heavy atom. The highest BCUT2D eigenvalue weighted by atomic mass is 19.1. The van der Waals surface area contributed by atoms with Gasteiger partial charge in [0, 0.05) is 24.1 Å². The Morgan fingerprint density at radius 2 is 2.16 bits per heavy atom. The Morgan fingerprint density at radius 1 is 1.40 bits per heavy atom. The summed E-state index contributed by atoms with van der Waals surface area (Å²) in [6.45, 7) is 0.956. The van der Waals surface area contributed by atoms with Crippen LogP contribution in [0.2, 0.25) is 0 Å². The number of halogens is 1. The summed E-state index contributed by atoms with van der Waals surface area (Å²) >= 11 is 0. The van der Waals surface area contributed by atoms with Crippen molar-refractivity contribution in [3.05, 3.63) is 34.9 Å². The van der Waals surface area contributed by atoms with Gasteiger partial charge in [0.1, 0.15) is 12.7 Å². The number of hydrogen-bond donors (Lipinski definition) is 2. The third-order valence-corrected chi connectivity index (χ3v) is 4.44. The first-order chi connectivity index (χ1) is 11.9. The van der Waals surface area contributed by atoms with Crippen LogP contribution in [0.15, 0.2) is 18.2 Å². The lowest BCUT2D eigenvalue weighted by atomic mass is 10.0. The van der Waals surface area contributed by atoms with Crippen molar-refractivity contribution in [2.75, 3.05) is 6.67 Å². The van der Waals surface area contributed by atoms with Crippen LogP contribution in [0.25, 0.3) is 0 Å². The van der Waals surface area contributed by atoms with Crippen LogP contribution in [0.5, 0.6) is 0 Å². The van der Waals surface area contributed by atoms with E-state index in [4.69, 9.17) is 0 Å². The number of imide groups is 1. The van der Waals surface area contributed by atoms with E-state index in [2.05, 4.69) is 10.6 Å². The van der Waals surface area contributed by atoms with Crippen LogP contribution in [0, 0.1) is 0 Å². The van der Waals surface area contributed by atoms with Crippen molar-refractivity contribution >= 4 is 23.6 Å². The molecular weight excluding hydrogens is 329 g/mol. The molecule has 2 heterocycles. The van der Waals surface area contributed by atoms with Crippen molar-refractivity contribution < 1.29 is 23.6 Å². The average Bonchev–Trinajstić information content (AvgIpc) is 2.91. The predicted octanol–water partition coefficient (Wildman–Crippen LogP) is 0.535. The molecule has 2 N–H and O–H groups in total. The van der Waals surface area contributed by atoms with Gasteiger partial charge in [-0.2, -0.15) is 0 Å². The first-order valence-electron chi connectivity index (χ1n) is 8.05. The van der Waals surface area contributed by atoms with Gasteiger partial charge in [-0.3, -0.25) is 24.5 Å². The molecule has 3 rings (SSSR count). The average molecular weight is 347 g/mol. The van der Waals surface area contributed by atoms with E-state index < -0.39 is 30.6 Å². The number of hydrogen-bond acceptors (Lipinski definition) is 4. The van der Waals surface area contributed by atoms with E-state index in [1.807, 2.05) is 0 Å². The summed E-state index contributed by atoms with van der Waals surface area (Å²) in [4.78, 5) is 49.7. The molecule has 1 saturated heterocycles. The summed E-state index contributed by atoms with van der Waals surface area (Å²) in [5.41, 5.74) is 1.16. The van der Waals surface area contributed by atoms with Crippen molar-refractivity contribution in [1.29, 1.82) is 0 Å².